The molecule has 0 radical (unpaired) electrons. The molecule has 0 aromatic carbocycles. The van der Waals surface area contributed by atoms with Crippen LogP contribution in [0.3, 0.4) is 0 Å². The lowest BCUT2D eigenvalue weighted by molar-refractivity contribution is -0.151. The smallest absolute Gasteiger partial charge is 0.339 e. The van der Waals surface area contributed by atoms with Gasteiger partial charge in [0.1, 0.15) is 0 Å². The Kier molecular flexibility index (Phi) is 2.25. The first-order chi connectivity index (χ1) is 5.25. The van der Waals surface area contributed by atoms with E-state index in [1.54, 1.807) is 0 Å². The lowest BCUT2D eigenvalue weighted by Crippen LogP contribution is -2.17. The molecule has 5 nitrogen and oxygen atoms in total. The van der Waals surface area contributed by atoms with Crippen LogP contribution in [-0.4, -0.2) is 11.1 Å². The van der Waals surface area contributed by atoms with E-state index >= 15 is 0 Å². The highest BCUT2D eigenvalue weighted by Crippen LogP contribution is 2.15. The molecule has 0 fully saturated rings. The summed E-state index contributed by atoms with van der Waals surface area (Å²) in [4.78, 5) is 14.6. The number of furan rings is 1. The first-order valence-corrected chi connectivity index (χ1v) is 2.86. The lowest BCUT2D eigenvalue weighted by atomic mass is 10.2. The maximum absolute atomic E-state index is 10.4. The van der Waals surface area contributed by atoms with Crippen molar-refractivity contribution >= 4 is 5.97 Å². The van der Waals surface area contributed by atoms with Crippen molar-refractivity contribution in [2.75, 3.05) is 0 Å². The monoisotopic (exact) mass is 157 g/mol. The van der Waals surface area contributed by atoms with Gasteiger partial charge in [-0.3, -0.25) is 4.84 Å². The van der Waals surface area contributed by atoms with E-state index in [4.69, 9.17) is 11.0 Å². The fourth-order valence-electron chi connectivity index (χ4n) is 0.704. The van der Waals surface area contributed by atoms with Crippen LogP contribution in [-0.2, 0) is 9.63 Å². The van der Waals surface area contributed by atoms with Crippen LogP contribution in [0.5, 0.6) is 0 Å². The Hall–Kier alpha value is -1.33. The van der Waals surface area contributed by atoms with Gasteiger partial charge < -0.3 is 9.52 Å². The number of hydrogen-bond donors (Lipinski definition) is 2. The van der Waals surface area contributed by atoms with Crippen LogP contribution >= 0.6 is 0 Å². The Balaban J connectivity index is 2.79. The van der Waals surface area contributed by atoms with Crippen molar-refractivity contribution in [3.05, 3.63) is 24.2 Å². The molecule has 0 aliphatic heterocycles. The molecular weight excluding hydrogens is 150 g/mol. The Morgan fingerprint density at radius 1 is 1.82 bits per heavy atom. The van der Waals surface area contributed by atoms with Crippen molar-refractivity contribution in [3.63, 3.8) is 0 Å². The molecule has 0 bridgehead atoms. The second-order valence-electron chi connectivity index (χ2n) is 1.91. The van der Waals surface area contributed by atoms with Gasteiger partial charge in [0.05, 0.1) is 12.5 Å². The van der Waals surface area contributed by atoms with Crippen LogP contribution < -0.4 is 5.90 Å². The molecule has 60 valence electrons. The van der Waals surface area contributed by atoms with E-state index in [1.165, 1.54) is 18.6 Å². The molecular formula is C6H7NO4. The number of carboxylic acids is 1. The second kappa shape index (κ2) is 3.18. The van der Waals surface area contributed by atoms with Gasteiger partial charge in [-0.05, 0) is 6.07 Å². The zero-order valence-corrected chi connectivity index (χ0v) is 5.56. The van der Waals surface area contributed by atoms with Gasteiger partial charge in [0, 0.05) is 5.56 Å². The molecule has 0 aliphatic carbocycles. The van der Waals surface area contributed by atoms with Gasteiger partial charge in [0.15, 0.2) is 0 Å². The number of aliphatic carboxylic acids is 1. The highest BCUT2D eigenvalue weighted by Gasteiger charge is 2.20. The van der Waals surface area contributed by atoms with Crippen LogP contribution in [0, 0.1) is 0 Å². The average Bonchev–Trinajstić information content (AvgIpc) is 2.40. The summed E-state index contributed by atoms with van der Waals surface area (Å²) in [5.74, 6) is 3.60. The quantitative estimate of drug-likeness (QED) is 0.616. The minimum Gasteiger partial charge on any atom is -0.479 e. The highest BCUT2D eigenvalue weighted by molar-refractivity contribution is 5.74. The van der Waals surface area contributed by atoms with E-state index < -0.39 is 12.1 Å². The molecule has 0 amide bonds. The molecule has 3 N–H and O–H groups in total. The largest absolute Gasteiger partial charge is 0.479 e. The molecule has 1 heterocycles. The summed E-state index contributed by atoms with van der Waals surface area (Å²) in [6.45, 7) is 0. The van der Waals surface area contributed by atoms with E-state index in [0.717, 1.165) is 0 Å². The van der Waals surface area contributed by atoms with Gasteiger partial charge in [-0.15, -0.1) is 0 Å². The van der Waals surface area contributed by atoms with E-state index in [9.17, 15) is 4.79 Å². The van der Waals surface area contributed by atoms with E-state index in [0.29, 0.717) is 5.56 Å². The summed E-state index contributed by atoms with van der Waals surface area (Å²) in [5.41, 5.74) is 0.389. The van der Waals surface area contributed by atoms with E-state index in [-0.39, 0.29) is 0 Å². The molecule has 1 unspecified atom stereocenters. The standard InChI is InChI=1S/C6H7NO4/c7-11-5(6(8)9)4-1-2-10-3-4/h1-3,5H,7H2,(H,8,9). The van der Waals surface area contributed by atoms with Gasteiger partial charge in [-0.25, -0.2) is 10.7 Å². The fourth-order valence-corrected chi connectivity index (χ4v) is 0.704. The Labute approximate surface area is 62.3 Å². The summed E-state index contributed by atoms with van der Waals surface area (Å²) in [6.07, 6.45) is 1.48. The molecule has 5 heteroatoms. The van der Waals surface area contributed by atoms with Crippen molar-refractivity contribution in [3.8, 4) is 0 Å². The maximum Gasteiger partial charge on any atom is 0.339 e. The van der Waals surface area contributed by atoms with Crippen molar-refractivity contribution < 1.29 is 19.2 Å². The van der Waals surface area contributed by atoms with E-state index in [1.807, 2.05) is 0 Å². The molecule has 0 spiro atoms. The highest BCUT2D eigenvalue weighted by atomic mass is 16.6. The van der Waals surface area contributed by atoms with Crippen LogP contribution in [0.2, 0.25) is 0 Å². The van der Waals surface area contributed by atoms with Crippen LogP contribution in [0.1, 0.15) is 11.7 Å². The van der Waals surface area contributed by atoms with Crippen molar-refractivity contribution in [1.82, 2.24) is 0 Å². The summed E-state index contributed by atoms with van der Waals surface area (Å²) in [5, 5.41) is 8.50. The average molecular weight is 157 g/mol. The van der Waals surface area contributed by atoms with Crippen molar-refractivity contribution in [2.45, 2.75) is 6.10 Å². The SMILES string of the molecule is NOC(C(=O)O)c1ccoc1. The maximum atomic E-state index is 10.4. The number of rotatable bonds is 3. The van der Waals surface area contributed by atoms with Gasteiger partial charge in [-0.1, -0.05) is 0 Å². The van der Waals surface area contributed by atoms with Crippen molar-refractivity contribution in [2.24, 2.45) is 5.90 Å². The number of nitrogens with two attached hydrogens (primary N) is 1. The summed E-state index contributed by atoms with van der Waals surface area (Å²) >= 11 is 0. The lowest BCUT2D eigenvalue weighted by Gasteiger charge is -2.04. The molecule has 1 aromatic heterocycles. The third kappa shape index (κ3) is 1.57. The summed E-state index contributed by atoms with van der Waals surface area (Å²) < 4.78 is 4.65. The fraction of sp³-hybridized carbons (Fsp3) is 0.167. The topological polar surface area (TPSA) is 85.7 Å². The van der Waals surface area contributed by atoms with Gasteiger partial charge in [0.2, 0.25) is 6.10 Å². The zero-order chi connectivity index (χ0) is 8.27. The second-order valence-corrected chi connectivity index (χ2v) is 1.91. The molecule has 1 aromatic rings. The van der Waals surface area contributed by atoms with Crippen LogP contribution in [0.25, 0.3) is 0 Å². The molecule has 1 rings (SSSR count). The van der Waals surface area contributed by atoms with Gasteiger partial charge in [-0.2, -0.15) is 0 Å². The van der Waals surface area contributed by atoms with Gasteiger partial charge >= 0.3 is 5.97 Å². The Bertz CT molecular complexity index is 231. The van der Waals surface area contributed by atoms with Crippen LogP contribution in [0.4, 0.5) is 0 Å². The van der Waals surface area contributed by atoms with Crippen molar-refractivity contribution in [1.29, 1.82) is 0 Å². The Morgan fingerprint density at radius 2 is 2.55 bits per heavy atom. The van der Waals surface area contributed by atoms with Gasteiger partial charge in [0.25, 0.3) is 0 Å². The minimum absolute atomic E-state index is 0.389. The third-order valence-corrected chi connectivity index (χ3v) is 1.21. The first-order valence-electron chi connectivity index (χ1n) is 2.86. The predicted molar refractivity (Wildman–Crippen MR) is 34.4 cm³/mol. The third-order valence-electron chi connectivity index (χ3n) is 1.21. The minimum atomic E-state index is -1.14. The van der Waals surface area contributed by atoms with Crippen LogP contribution in [0.15, 0.2) is 23.0 Å². The Morgan fingerprint density at radius 3 is 2.91 bits per heavy atom. The number of carbonyl (C=O) groups is 1. The predicted octanol–water partition coefficient (Wildman–Crippen LogP) is 0.296. The number of carboxylic acid groups (broad SMARTS) is 1. The molecule has 0 aliphatic rings. The molecule has 0 saturated carbocycles. The normalized spacial score (nSPS) is 12.8. The zero-order valence-electron chi connectivity index (χ0n) is 5.56. The molecule has 0 saturated heterocycles. The number of hydrogen-bond acceptors (Lipinski definition) is 4. The molecule has 1 atom stereocenters. The van der Waals surface area contributed by atoms with E-state index in [2.05, 4.69) is 9.25 Å². The summed E-state index contributed by atoms with van der Waals surface area (Å²) in [7, 11) is 0. The summed E-state index contributed by atoms with van der Waals surface area (Å²) in [6, 6.07) is 1.48. The first kappa shape index (κ1) is 7.77. The molecule has 11 heavy (non-hydrogen) atoms.